The highest BCUT2D eigenvalue weighted by Crippen LogP contribution is 2.28. The van der Waals surface area contributed by atoms with Crippen LogP contribution in [0.4, 0.5) is 0 Å². The van der Waals surface area contributed by atoms with Crippen molar-refractivity contribution >= 4 is 33.5 Å². The summed E-state index contributed by atoms with van der Waals surface area (Å²) in [7, 11) is 0. The van der Waals surface area contributed by atoms with Crippen LogP contribution in [0, 0.1) is 0 Å². The predicted octanol–water partition coefficient (Wildman–Crippen LogP) is 4.42. The summed E-state index contributed by atoms with van der Waals surface area (Å²) in [5.41, 5.74) is 2.04. The number of benzene rings is 3. The van der Waals surface area contributed by atoms with Crippen molar-refractivity contribution in [1.29, 1.82) is 0 Å². The van der Waals surface area contributed by atoms with Crippen LogP contribution >= 0.6 is 0 Å². The number of amides is 2. The van der Waals surface area contributed by atoms with Gasteiger partial charge in [-0.25, -0.2) is 0 Å². The Morgan fingerprint density at radius 1 is 0.871 bits per heavy atom. The third-order valence-electron chi connectivity index (χ3n) is 6.00. The lowest BCUT2D eigenvalue weighted by molar-refractivity contribution is 0.0700. The Morgan fingerprint density at radius 3 is 2.39 bits per heavy atom. The summed E-state index contributed by atoms with van der Waals surface area (Å²) in [6.07, 6.45) is 3.21. The minimum absolute atomic E-state index is 0.00212. The third kappa shape index (κ3) is 3.75. The number of rotatable bonds is 3. The molecule has 1 aliphatic rings. The number of hydrogen-bond donors (Lipinski definition) is 1. The zero-order chi connectivity index (χ0) is 21.2. The Hall–Kier alpha value is -3.73. The molecule has 154 valence electrons. The molecule has 0 radical (unpaired) electrons. The second-order valence-electron chi connectivity index (χ2n) is 7.95. The Balaban J connectivity index is 1.34. The predicted molar refractivity (Wildman–Crippen MR) is 122 cm³/mol. The van der Waals surface area contributed by atoms with E-state index < -0.39 is 0 Å². The third-order valence-corrected chi connectivity index (χ3v) is 6.00. The molecule has 0 aliphatic carbocycles. The quantitative estimate of drug-likeness (QED) is 0.510. The lowest BCUT2D eigenvalue weighted by Gasteiger charge is -2.32. The molecule has 0 bridgehead atoms. The SMILES string of the molecule is O=C(NC1CCN(C(=O)c2cc3ccccc3c3cccnc23)CC1)c1ccccc1. The molecule has 4 aromatic rings. The number of piperidine rings is 1. The van der Waals surface area contributed by atoms with Crippen molar-refractivity contribution in [2.75, 3.05) is 13.1 Å². The van der Waals surface area contributed by atoms with Crippen LogP contribution in [0.1, 0.15) is 33.6 Å². The van der Waals surface area contributed by atoms with Crippen LogP contribution < -0.4 is 5.32 Å². The number of carbonyl (C=O) groups is 2. The molecule has 0 spiro atoms. The van der Waals surface area contributed by atoms with Crippen LogP contribution in [-0.4, -0.2) is 40.8 Å². The Morgan fingerprint density at radius 2 is 1.58 bits per heavy atom. The molecule has 5 heteroatoms. The number of nitrogens with zero attached hydrogens (tertiary/aromatic N) is 2. The first-order valence-electron chi connectivity index (χ1n) is 10.6. The fraction of sp³-hybridized carbons (Fsp3) is 0.192. The van der Waals surface area contributed by atoms with Crippen molar-refractivity contribution < 1.29 is 9.59 Å². The van der Waals surface area contributed by atoms with Gasteiger partial charge in [-0.1, -0.05) is 48.5 Å². The first-order chi connectivity index (χ1) is 15.2. The minimum Gasteiger partial charge on any atom is -0.349 e. The van der Waals surface area contributed by atoms with Crippen LogP contribution in [0.2, 0.25) is 0 Å². The van der Waals surface area contributed by atoms with E-state index in [4.69, 9.17) is 0 Å². The number of likely N-dealkylation sites (tertiary alicyclic amines) is 1. The number of hydrogen-bond acceptors (Lipinski definition) is 3. The number of carbonyl (C=O) groups excluding carboxylic acids is 2. The van der Waals surface area contributed by atoms with Gasteiger partial charge in [0, 0.05) is 36.3 Å². The van der Waals surface area contributed by atoms with Crippen molar-refractivity contribution in [2.45, 2.75) is 18.9 Å². The maximum absolute atomic E-state index is 13.4. The first kappa shape index (κ1) is 19.2. The molecule has 1 aliphatic heterocycles. The maximum Gasteiger partial charge on any atom is 0.256 e. The van der Waals surface area contributed by atoms with Crippen LogP contribution in [0.5, 0.6) is 0 Å². The summed E-state index contributed by atoms with van der Waals surface area (Å²) < 4.78 is 0. The summed E-state index contributed by atoms with van der Waals surface area (Å²) in [4.78, 5) is 32.2. The van der Waals surface area contributed by atoms with Gasteiger partial charge in [-0.15, -0.1) is 0 Å². The zero-order valence-corrected chi connectivity index (χ0v) is 17.1. The molecule has 5 nitrogen and oxygen atoms in total. The molecule has 1 N–H and O–H groups in total. The van der Waals surface area contributed by atoms with Crippen LogP contribution in [-0.2, 0) is 0 Å². The van der Waals surface area contributed by atoms with E-state index in [1.807, 2.05) is 71.6 Å². The van der Waals surface area contributed by atoms with Gasteiger partial charge in [0.25, 0.3) is 11.8 Å². The second-order valence-corrected chi connectivity index (χ2v) is 7.95. The van der Waals surface area contributed by atoms with Crippen molar-refractivity contribution in [3.05, 3.63) is 90.1 Å². The largest absolute Gasteiger partial charge is 0.349 e. The van der Waals surface area contributed by atoms with Gasteiger partial charge in [0.2, 0.25) is 0 Å². The lowest BCUT2D eigenvalue weighted by Crippen LogP contribution is -2.46. The standard InChI is InChI=1S/C26H23N3O2/c30-25(18-7-2-1-3-8-18)28-20-12-15-29(16-13-20)26(31)23-17-19-9-4-5-10-21(19)22-11-6-14-27-24(22)23/h1-11,14,17,20H,12-13,15-16H2,(H,28,30). The molecule has 0 atom stereocenters. The highest BCUT2D eigenvalue weighted by atomic mass is 16.2. The summed E-state index contributed by atoms with van der Waals surface area (Å²) in [5.74, 6) is -0.0580. The Kier molecular flexibility index (Phi) is 5.08. The Bertz CT molecular complexity index is 1260. The van der Waals surface area contributed by atoms with E-state index in [1.165, 1.54) is 0 Å². The second kappa shape index (κ2) is 8.19. The molecular weight excluding hydrogens is 386 g/mol. The fourth-order valence-corrected chi connectivity index (χ4v) is 4.35. The summed E-state index contributed by atoms with van der Waals surface area (Å²) in [6, 6.07) is 23.3. The van der Waals surface area contributed by atoms with E-state index >= 15 is 0 Å². The van der Waals surface area contributed by atoms with E-state index in [9.17, 15) is 9.59 Å². The van der Waals surface area contributed by atoms with E-state index in [0.717, 1.165) is 34.5 Å². The van der Waals surface area contributed by atoms with E-state index in [-0.39, 0.29) is 17.9 Å². The van der Waals surface area contributed by atoms with Crippen LogP contribution in [0.25, 0.3) is 21.7 Å². The normalized spacial score (nSPS) is 14.6. The van der Waals surface area contributed by atoms with Gasteiger partial charge in [-0.2, -0.15) is 0 Å². The molecule has 2 heterocycles. The molecule has 1 fully saturated rings. The van der Waals surface area contributed by atoms with E-state index in [2.05, 4.69) is 16.4 Å². The minimum atomic E-state index is -0.0601. The molecule has 2 amide bonds. The topological polar surface area (TPSA) is 62.3 Å². The molecule has 1 saturated heterocycles. The van der Waals surface area contributed by atoms with E-state index in [0.29, 0.717) is 24.2 Å². The maximum atomic E-state index is 13.4. The van der Waals surface area contributed by atoms with Gasteiger partial charge in [-0.05, 0) is 47.9 Å². The van der Waals surface area contributed by atoms with Crippen molar-refractivity contribution in [1.82, 2.24) is 15.2 Å². The molecule has 5 rings (SSSR count). The molecule has 0 unspecified atom stereocenters. The highest BCUT2D eigenvalue weighted by molar-refractivity contribution is 6.15. The smallest absolute Gasteiger partial charge is 0.256 e. The van der Waals surface area contributed by atoms with Gasteiger partial charge in [0.1, 0.15) is 0 Å². The zero-order valence-electron chi connectivity index (χ0n) is 17.1. The Labute approximate surface area is 180 Å². The van der Waals surface area contributed by atoms with Gasteiger partial charge in [-0.3, -0.25) is 14.6 Å². The summed E-state index contributed by atoms with van der Waals surface area (Å²) >= 11 is 0. The van der Waals surface area contributed by atoms with Crippen molar-refractivity contribution in [3.63, 3.8) is 0 Å². The first-order valence-corrected chi connectivity index (χ1v) is 10.6. The van der Waals surface area contributed by atoms with E-state index in [1.54, 1.807) is 6.20 Å². The number of nitrogens with one attached hydrogen (secondary N) is 1. The van der Waals surface area contributed by atoms with Crippen LogP contribution in [0.15, 0.2) is 79.0 Å². The molecular formula is C26H23N3O2. The average Bonchev–Trinajstić information content (AvgIpc) is 2.84. The molecule has 0 saturated carbocycles. The fourth-order valence-electron chi connectivity index (χ4n) is 4.35. The molecule has 1 aromatic heterocycles. The highest BCUT2D eigenvalue weighted by Gasteiger charge is 2.26. The molecule has 3 aromatic carbocycles. The molecule has 31 heavy (non-hydrogen) atoms. The van der Waals surface area contributed by atoms with Gasteiger partial charge < -0.3 is 10.2 Å². The summed E-state index contributed by atoms with van der Waals surface area (Å²) in [5, 5.41) is 6.23. The van der Waals surface area contributed by atoms with Gasteiger partial charge in [0.15, 0.2) is 0 Å². The van der Waals surface area contributed by atoms with Crippen molar-refractivity contribution in [2.24, 2.45) is 0 Å². The monoisotopic (exact) mass is 409 g/mol. The summed E-state index contributed by atoms with van der Waals surface area (Å²) in [6.45, 7) is 1.22. The average molecular weight is 409 g/mol. The van der Waals surface area contributed by atoms with Gasteiger partial charge in [0.05, 0.1) is 11.1 Å². The lowest BCUT2D eigenvalue weighted by atomic mass is 9.98. The number of pyridine rings is 1. The van der Waals surface area contributed by atoms with Crippen LogP contribution in [0.3, 0.4) is 0 Å². The number of aromatic nitrogens is 1. The number of fused-ring (bicyclic) bond motifs is 3. The van der Waals surface area contributed by atoms with Crippen molar-refractivity contribution in [3.8, 4) is 0 Å². The van der Waals surface area contributed by atoms with Gasteiger partial charge >= 0.3 is 0 Å².